The summed E-state index contributed by atoms with van der Waals surface area (Å²) < 4.78 is 0. The minimum atomic E-state index is -0.166. The number of carbonyl (C=O) groups excluding carboxylic acids is 1. The molecule has 0 atom stereocenters. The van der Waals surface area contributed by atoms with Crippen LogP contribution < -0.4 is 5.43 Å². The number of aromatic amines is 2. The fourth-order valence-electron chi connectivity index (χ4n) is 2.81. The molecule has 124 valence electrons. The molecule has 0 aliphatic carbocycles. The van der Waals surface area contributed by atoms with Crippen LogP contribution >= 0.6 is 0 Å². The van der Waals surface area contributed by atoms with Crippen LogP contribution in [-0.4, -0.2) is 26.6 Å². The van der Waals surface area contributed by atoms with Crippen LogP contribution in [-0.2, 0) is 11.2 Å². The number of para-hydroxylation sites is 3. The number of amides is 1. The number of hydrazone groups is 1. The summed E-state index contributed by atoms with van der Waals surface area (Å²) in [6.45, 7) is 1.81. The second-order valence-corrected chi connectivity index (χ2v) is 5.87. The molecule has 4 rings (SSSR count). The van der Waals surface area contributed by atoms with E-state index < -0.39 is 0 Å². The largest absolute Gasteiger partial charge is 0.361 e. The van der Waals surface area contributed by atoms with Gasteiger partial charge < -0.3 is 9.97 Å². The summed E-state index contributed by atoms with van der Waals surface area (Å²) in [6.07, 6.45) is 2.13. The van der Waals surface area contributed by atoms with Crippen LogP contribution in [0.15, 0.2) is 59.8 Å². The topological polar surface area (TPSA) is 85.9 Å². The van der Waals surface area contributed by atoms with Crippen molar-refractivity contribution in [2.24, 2.45) is 5.10 Å². The molecular weight excluding hydrogens is 314 g/mol. The van der Waals surface area contributed by atoms with Gasteiger partial charge in [0.15, 0.2) is 5.82 Å². The molecule has 0 unspecified atom stereocenters. The molecular formula is C19H17N5O. The van der Waals surface area contributed by atoms with E-state index >= 15 is 0 Å². The van der Waals surface area contributed by atoms with Crippen molar-refractivity contribution in [3.63, 3.8) is 0 Å². The van der Waals surface area contributed by atoms with Crippen LogP contribution in [0.2, 0.25) is 0 Å². The number of imidazole rings is 1. The first-order valence-corrected chi connectivity index (χ1v) is 8.04. The maximum absolute atomic E-state index is 12.2. The summed E-state index contributed by atoms with van der Waals surface area (Å²) in [5, 5.41) is 5.21. The molecule has 3 N–H and O–H groups in total. The fraction of sp³-hybridized carbons (Fsp3) is 0.105. The molecule has 0 saturated heterocycles. The summed E-state index contributed by atoms with van der Waals surface area (Å²) in [5.74, 6) is 0.480. The second-order valence-electron chi connectivity index (χ2n) is 5.87. The molecule has 2 heterocycles. The summed E-state index contributed by atoms with van der Waals surface area (Å²) >= 11 is 0. The Morgan fingerprint density at radius 1 is 1.12 bits per heavy atom. The van der Waals surface area contributed by atoms with Gasteiger partial charge in [0.2, 0.25) is 5.91 Å². The molecule has 4 aromatic rings. The Balaban J connectivity index is 1.47. The summed E-state index contributed by atoms with van der Waals surface area (Å²) in [6, 6.07) is 15.7. The van der Waals surface area contributed by atoms with Crippen LogP contribution in [0.25, 0.3) is 21.9 Å². The van der Waals surface area contributed by atoms with Gasteiger partial charge in [-0.15, -0.1) is 0 Å². The van der Waals surface area contributed by atoms with Crippen molar-refractivity contribution in [3.05, 3.63) is 66.1 Å². The predicted octanol–water partition coefficient (Wildman–Crippen LogP) is 3.13. The number of nitrogens with zero attached hydrogens (tertiary/aromatic N) is 2. The van der Waals surface area contributed by atoms with Gasteiger partial charge in [0.1, 0.15) is 5.71 Å². The Morgan fingerprint density at radius 2 is 1.88 bits per heavy atom. The quantitative estimate of drug-likeness (QED) is 0.396. The number of H-pyrrole nitrogens is 2. The van der Waals surface area contributed by atoms with E-state index in [4.69, 9.17) is 0 Å². The van der Waals surface area contributed by atoms with E-state index in [2.05, 4.69) is 25.5 Å². The average molecular weight is 331 g/mol. The number of hydrogen-bond acceptors (Lipinski definition) is 3. The highest BCUT2D eigenvalue weighted by atomic mass is 16.2. The van der Waals surface area contributed by atoms with Gasteiger partial charge in [-0.3, -0.25) is 4.79 Å². The lowest BCUT2D eigenvalue weighted by Gasteiger charge is -2.01. The number of hydrogen-bond donors (Lipinski definition) is 3. The normalized spacial score (nSPS) is 12.0. The first kappa shape index (κ1) is 15.1. The lowest BCUT2D eigenvalue weighted by Crippen LogP contribution is -2.21. The second kappa shape index (κ2) is 6.24. The average Bonchev–Trinajstić information content (AvgIpc) is 3.24. The zero-order valence-corrected chi connectivity index (χ0v) is 13.7. The van der Waals surface area contributed by atoms with Gasteiger partial charge in [-0.1, -0.05) is 30.3 Å². The monoisotopic (exact) mass is 331 g/mol. The summed E-state index contributed by atoms with van der Waals surface area (Å²) in [7, 11) is 0. The molecule has 6 heteroatoms. The van der Waals surface area contributed by atoms with Crippen molar-refractivity contribution in [1.82, 2.24) is 20.4 Å². The summed E-state index contributed by atoms with van der Waals surface area (Å²) in [5.41, 5.74) is 7.02. The molecule has 0 aliphatic heterocycles. The van der Waals surface area contributed by atoms with Crippen molar-refractivity contribution in [3.8, 4) is 0 Å². The summed E-state index contributed by atoms with van der Waals surface area (Å²) in [4.78, 5) is 23.0. The number of nitrogens with one attached hydrogen (secondary N) is 3. The number of rotatable bonds is 4. The predicted molar refractivity (Wildman–Crippen MR) is 98.5 cm³/mol. The molecule has 1 amide bonds. The van der Waals surface area contributed by atoms with Crippen LogP contribution in [0.5, 0.6) is 0 Å². The smallest absolute Gasteiger partial charge is 0.244 e. The van der Waals surface area contributed by atoms with Crippen molar-refractivity contribution < 1.29 is 4.79 Å². The Kier molecular flexibility index (Phi) is 3.78. The molecule has 25 heavy (non-hydrogen) atoms. The van der Waals surface area contributed by atoms with E-state index in [0.717, 1.165) is 27.5 Å². The zero-order chi connectivity index (χ0) is 17.2. The van der Waals surface area contributed by atoms with E-state index in [1.165, 1.54) is 0 Å². The van der Waals surface area contributed by atoms with Crippen LogP contribution in [0.4, 0.5) is 0 Å². The number of benzene rings is 2. The van der Waals surface area contributed by atoms with Gasteiger partial charge in [-0.05, 0) is 30.7 Å². The first-order chi connectivity index (χ1) is 12.2. The minimum Gasteiger partial charge on any atom is -0.361 e. The van der Waals surface area contributed by atoms with Gasteiger partial charge >= 0.3 is 0 Å². The van der Waals surface area contributed by atoms with E-state index in [1.54, 1.807) is 0 Å². The fourth-order valence-corrected chi connectivity index (χ4v) is 2.81. The zero-order valence-electron chi connectivity index (χ0n) is 13.7. The maximum Gasteiger partial charge on any atom is 0.244 e. The van der Waals surface area contributed by atoms with E-state index in [0.29, 0.717) is 11.5 Å². The van der Waals surface area contributed by atoms with E-state index in [9.17, 15) is 4.79 Å². The van der Waals surface area contributed by atoms with Crippen molar-refractivity contribution in [1.29, 1.82) is 0 Å². The maximum atomic E-state index is 12.2. The van der Waals surface area contributed by atoms with Gasteiger partial charge in [0.25, 0.3) is 0 Å². The lowest BCUT2D eigenvalue weighted by atomic mass is 10.1. The molecule has 6 nitrogen and oxygen atoms in total. The molecule has 0 aliphatic rings. The number of carbonyl (C=O) groups is 1. The SMILES string of the molecule is C/C(=N\NC(=O)Cc1c[nH]c2ccccc12)c1nc2ccccc2[nH]1. The third-order valence-electron chi connectivity index (χ3n) is 4.11. The van der Waals surface area contributed by atoms with Crippen molar-refractivity contribution >= 4 is 33.6 Å². The highest BCUT2D eigenvalue weighted by Gasteiger charge is 2.09. The standard InChI is InChI=1S/C19H17N5O/c1-12(19-21-16-8-4-5-9-17(16)22-19)23-24-18(25)10-13-11-20-15-7-3-2-6-14(13)15/h2-9,11,20H,10H2,1H3,(H,21,22)(H,24,25)/b23-12+. The third-order valence-corrected chi connectivity index (χ3v) is 4.11. The van der Waals surface area contributed by atoms with E-state index in [-0.39, 0.29) is 12.3 Å². The molecule has 0 bridgehead atoms. The highest BCUT2D eigenvalue weighted by Crippen LogP contribution is 2.18. The Morgan fingerprint density at radius 3 is 2.72 bits per heavy atom. The van der Waals surface area contributed by atoms with Crippen molar-refractivity contribution in [2.45, 2.75) is 13.3 Å². The molecule has 0 fully saturated rings. The first-order valence-electron chi connectivity index (χ1n) is 8.04. The Bertz CT molecular complexity index is 1060. The van der Waals surface area contributed by atoms with Gasteiger partial charge in [0.05, 0.1) is 17.5 Å². The van der Waals surface area contributed by atoms with E-state index in [1.807, 2.05) is 61.7 Å². The molecule has 2 aromatic carbocycles. The van der Waals surface area contributed by atoms with Crippen LogP contribution in [0, 0.1) is 0 Å². The van der Waals surface area contributed by atoms with Gasteiger partial charge in [0, 0.05) is 17.1 Å². The Labute approximate surface area is 144 Å². The number of fused-ring (bicyclic) bond motifs is 2. The lowest BCUT2D eigenvalue weighted by molar-refractivity contribution is -0.120. The molecule has 2 aromatic heterocycles. The molecule has 0 spiro atoms. The minimum absolute atomic E-state index is 0.166. The van der Waals surface area contributed by atoms with Gasteiger partial charge in [-0.2, -0.15) is 5.10 Å². The third kappa shape index (κ3) is 3.01. The van der Waals surface area contributed by atoms with Crippen LogP contribution in [0.1, 0.15) is 18.3 Å². The molecule has 0 saturated carbocycles. The molecule has 0 radical (unpaired) electrons. The van der Waals surface area contributed by atoms with Crippen LogP contribution in [0.3, 0.4) is 0 Å². The number of aromatic nitrogens is 3. The van der Waals surface area contributed by atoms with Gasteiger partial charge in [-0.25, -0.2) is 10.4 Å². The van der Waals surface area contributed by atoms with Crippen molar-refractivity contribution in [2.75, 3.05) is 0 Å². The Hall–Kier alpha value is -3.41. The highest BCUT2D eigenvalue weighted by molar-refractivity contribution is 5.99.